The number of aromatic nitrogens is 4. The number of nitrogens with zero attached hydrogens (tertiary/aromatic N) is 5. The highest BCUT2D eigenvalue weighted by atomic mass is 32.2. The highest BCUT2D eigenvalue weighted by Crippen LogP contribution is 2.33. The van der Waals surface area contributed by atoms with Crippen molar-refractivity contribution in [3.8, 4) is 0 Å². The molecule has 134 valence electrons. The summed E-state index contributed by atoms with van der Waals surface area (Å²) in [5.74, 6) is 1.44. The maximum Gasteiger partial charge on any atom is 0.290 e. The van der Waals surface area contributed by atoms with Crippen LogP contribution in [0.1, 0.15) is 50.0 Å². The van der Waals surface area contributed by atoms with E-state index in [0.717, 1.165) is 36.9 Å². The van der Waals surface area contributed by atoms with Crippen molar-refractivity contribution < 1.29 is 4.92 Å². The van der Waals surface area contributed by atoms with Gasteiger partial charge >= 0.3 is 0 Å². The van der Waals surface area contributed by atoms with Gasteiger partial charge in [-0.2, -0.15) is 0 Å². The van der Waals surface area contributed by atoms with Crippen LogP contribution in [0.2, 0.25) is 0 Å². The molecule has 2 aromatic rings. The van der Waals surface area contributed by atoms with Crippen LogP contribution < -0.4 is 5.32 Å². The van der Waals surface area contributed by atoms with Crippen LogP contribution in [-0.4, -0.2) is 37.8 Å². The van der Waals surface area contributed by atoms with Crippen LogP contribution in [0.4, 0.5) is 5.69 Å². The maximum absolute atomic E-state index is 10.9. The Labute approximate surface area is 150 Å². The number of hydrogen-bond acceptors (Lipinski definition) is 7. The number of aryl methyl sites for hydroxylation is 1. The van der Waals surface area contributed by atoms with Gasteiger partial charge in [0.2, 0.25) is 0 Å². The topological polar surface area (TPSA) is 98.8 Å². The van der Waals surface area contributed by atoms with E-state index in [4.69, 9.17) is 0 Å². The molecule has 1 saturated heterocycles. The first-order valence-electron chi connectivity index (χ1n) is 8.41. The number of rotatable bonds is 5. The second-order valence-electron chi connectivity index (χ2n) is 6.50. The van der Waals surface area contributed by atoms with Crippen molar-refractivity contribution in [3.63, 3.8) is 0 Å². The predicted molar refractivity (Wildman–Crippen MR) is 95.0 cm³/mol. The Hall–Kier alpha value is -2.00. The summed E-state index contributed by atoms with van der Waals surface area (Å²) in [5.41, 5.74) is 0.627. The molecule has 1 N–H and O–H groups in total. The van der Waals surface area contributed by atoms with Gasteiger partial charge in [-0.1, -0.05) is 0 Å². The average molecular weight is 362 g/mol. The molecule has 3 heterocycles. The molecule has 0 aliphatic carbocycles. The summed E-state index contributed by atoms with van der Waals surface area (Å²) < 4.78 is 2.17. The molecule has 3 rings (SSSR count). The lowest BCUT2D eigenvalue weighted by molar-refractivity contribution is -0.385. The van der Waals surface area contributed by atoms with Crippen molar-refractivity contribution in [1.29, 1.82) is 0 Å². The highest BCUT2D eigenvalue weighted by molar-refractivity contribution is 7.99. The summed E-state index contributed by atoms with van der Waals surface area (Å²) in [6.45, 7) is 7.96. The minimum absolute atomic E-state index is 0.0325. The Morgan fingerprint density at radius 1 is 1.36 bits per heavy atom. The largest absolute Gasteiger partial charge is 0.317 e. The summed E-state index contributed by atoms with van der Waals surface area (Å²) >= 11 is 1.40. The second-order valence-corrected chi connectivity index (χ2v) is 7.48. The Bertz CT molecular complexity index is 770. The number of hydrogen-bond donors (Lipinski definition) is 1. The van der Waals surface area contributed by atoms with E-state index < -0.39 is 4.92 Å². The molecule has 1 fully saturated rings. The molecular formula is C16H22N6O2S. The van der Waals surface area contributed by atoms with E-state index in [1.807, 2.05) is 0 Å². The molecule has 0 bridgehead atoms. The van der Waals surface area contributed by atoms with Crippen LogP contribution in [0.25, 0.3) is 0 Å². The van der Waals surface area contributed by atoms with Crippen molar-refractivity contribution in [2.75, 3.05) is 13.1 Å². The fourth-order valence-corrected chi connectivity index (χ4v) is 4.08. The molecule has 1 aliphatic rings. The fraction of sp³-hybridized carbons (Fsp3) is 0.562. The van der Waals surface area contributed by atoms with Crippen molar-refractivity contribution in [1.82, 2.24) is 25.1 Å². The number of pyridine rings is 1. The van der Waals surface area contributed by atoms with Crippen molar-refractivity contribution in [2.45, 2.75) is 55.8 Å². The first kappa shape index (κ1) is 17.8. The third kappa shape index (κ3) is 3.82. The van der Waals surface area contributed by atoms with E-state index in [1.165, 1.54) is 18.0 Å². The van der Waals surface area contributed by atoms with Gasteiger partial charge in [-0.15, -0.1) is 10.2 Å². The van der Waals surface area contributed by atoms with Gasteiger partial charge in [0.25, 0.3) is 5.69 Å². The highest BCUT2D eigenvalue weighted by Gasteiger charge is 2.25. The molecule has 9 heteroatoms. The average Bonchev–Trinajstić information content (AvgIpc) is 2.99. The lowest BCUT2D eigenvalue weighted by atomic mass is 9.97. The van der Waals surface area contributed by atoms with Crippen molar-refractivity contribution in [2.24, 2.45) is 0 Å². The predicted octanol–water partition coefficient (Wildman–Crippen LogP) is 3.09. The van der Waals surface area contributed by atoms with Crippen molar-refractivity contribution >= 4 is 17.4 Å². The first-order valence-corrected chi connectivity index (χ1v) is 9.23. The van der Waals surface area contributed by atoms with Gasteiger partial charge in [0, 0.05) is 17.5 Å². The van der Waals surface area contributed by atoms with E-state index in [1.54, 1.807) is 13.0 Å². The zero-order valence-corrected chi connectivity index (χ0v) is 15.4. The van der Waals surface area contributed by atoms with E-state index >= 15 is 0 Å². The Morgan fingerprint density at radius 2 is 2.08 bits per heavy atom. The number of nitrogens with one attached hydrogen (secondary N) is 1. The van der Waals surface area contributed by atoms with Crippen LogP contribution >= 0.6 is 11.8 Å². The zero-order chi connectivity index (χ0) is 18.0. The SMILES string of the molecule is Cc1cc(Sc2nnc(C3CCNCC3)n2C(C)C)ncc1[N+](=O)[O-]. The zero-order valence-electron chi connectivity index (χ0n) is 14.6. The Morgan fingerprint density at radius 3 is 2.68 bits per heavy atom. The fourth-order valence-electron chi connectivity index (χ4n) is 3.07. The van der Waals surface area contributed by atoms with Crippen LogP contribution in [-0.2, 0) is 0 Å². The lowest BCUT2D eigenvalue weighted by Gasteiger charge is -2.24. The summed E-state index contributed by atoms with van der Waals surface area (Å²) in [6.07, 6.45) is 3.43. The third-order valence-corrected chi connectivity index (χ3v) is 5.26. The normalized spacial score (nSPS) is 15.7. The quantitative estimate of drug-likeness (QED) is 0.644. The van der Waals surface area contributed by atoms with Gasteiger partial charge in [0.1, 0.15) is 17.0 Å². The van der Waals surface area contributed by atoms with Gasteiger partial charge in [0.05, 0.1) is 4.92 Å². The number of piperidine rings is 1. The molecule has 0 amide bonds. The molecular weight excluding hydrogens is 340 g/mol. The smallest absolute Gasteiger partial charge is 0.290 e. The third-order valence-electron chi connectivity index (χ3n) is 4.36. The summed E-state index contributed by atoms with van der Waals surface area (Å²) in [5, 5.41) is 24.6. The summed E-state index contributed by atoms with van der Waals surface area (Å²) in [6, 6.07) is 1.97. The van der Waals surface area contributed by atoms with Gasteiger partial charge in [-0.25, -0.2) is 4.98 Å². The molecule has 0 atom stereocenters. The van der Waals surface area contributed by atoms with E-state index in [2.05, 4.69) is 38.9 Å². The molecule has 1 aliphatic heterocycles. The van der Waals surface area contributed by atoms with Gasteiger partial charge in [0.15, 0.2) is 5.16 Å². The van der Waals surface area contributed by atoms with Crippen molar-refractivity contribution in [3.05, 3.63) is 33.8 Å². The minimum Gasteiger partial charge on any atom is -0.317 e. The molecule has 8 nitrogen and oxygen atoms in total. The molecule has 0 radical (unpaired) electrons. The van der Waals surface area contributed by atoms with Crippen LogP contribution in [0.15, 0.2) is 22.4 Å². The Kier molecular flexibility index (Phi) is 5.33. The number of nitro groups is 1. The minimum atomic E-state index is -0.414. The molecule has 0 aromatic carbocycles. The molecule has 25 heavy (non-hydrogen) atoms. The first-order chi connectivity index (χ1) is 12.0. The Balaban J connectivity index is 1.88. The van der Waals surface area contributed by atoms with Crippen LogP contribution in [0, 0.1) is 17.0 Å². The molecule has 0 unspecified atom stereocenters. The second kappa shape index (κ2) is 7.49. The van der Waals surface area contributed by atoms with E-state index in [0.29, 0.717) is 16.5 Å². The molecule has 2 aromatic heterocycles. The van der Waals surface area contributed by atoms with Gasteiger partial charge in [-0.3, -0.25) is 10.1 Å². The van der Waals surface area contributed by atoms with E-state index in [-0.39, 0.29) is 11.7 Å². The standard InChI is InChI=1S/C16H22N6O2S/c1-10(2)21-15(12-4-6-17-7-5-12)19-20-16(21)25-14-8-11(3)13(9-18-14)22(23)24/h8-10,12,17H,4-7H2,1-3H3. The van der Waals surface area contributed by atoms with Gasteiger partial charge < -0.3 is 9.88 Å². The van der Waals surface area contributed by atoms with Crippen LogP contribution in [0.5, 0.6) is 0 Å². The molecule has 0 saturated carbocycles. The summed E-state index contributed by atoms with van der Waals surface area (Å²) in [7, 11) is 0. The monoisotopic (exact) mass is 362 g/mol. The lowest BCUT2D eigenvalue weighted by Crippen LogP contribution is -2.28. The maximum atomic E-state index is 10.9. The van der Waals surface area contributed by atoms with Gasteiger partial charge in [-0.05, 0) is 64.5 Å². The summed E-state index contributed by atoms with van der Waals surface area (Å²) in [4.78, 5) is 14.7. The molecule has 0 spiro atoms. The van der Waals surface area contributed by atoms with Crippen LogP contribution in [0.3, 0.4) is 0 Å². The van der Waals surface area contributed by atoms with E-state index in [9.17, 15) is 10.1 Å².